The van der Waals surface area contributed by atoms with Crippen LogP contribution in [-0.4, -0.2) is 65.9 Å². The first-order chi connectivity index (χ1) is 17.0. The zero-order valence-electron chi connectivity index (χ0n) is 20.4. The molecule has 0 unspecified atom stereocenters. The van der Waals surface area contributed by atoms with E-state index in [2.05, 4.69) is 0 Å². The van der Waals surface area contributed by atoms with Gasteiger partial charge in [0.25, 0.3) is 0 Å². The molecule has 2 aromatic carbocycles. The summed E-state index contributed by atoms with van der Waals surface area (Å²) in [7, 11) is 1.62. The van der Waals surface area contributed by atoms with Crippen molar-refractivity contribution < 1.29 is 28.1 Å². The van der Waals surface area contributed by atoms with E-state index in [9.17, 15) is 13.9 Å². The van der Waals surface area contributed by atoms with E-state index in [-0.39, 0.29) is 12.4 Å². The molecule has 0 saturated carbocycles. The van der Waals surface area contributed by atoms with E-state index in [0.29, 0.717) is 45.1 Å². The predicted octanol–water partition coefficient (Wildman–Crippen LogP) is 4.35. The van der Waals surface area contributed by atoms with E-state index in [1.165, 1.54) is 6.07 Å². The van der Waals surface area contributed by atoms with Crippen LogP contribution in [0.1, 0.15) is 25.1 Å². The van der Waals surface area contributed by atoms with Crippen LogP contribution in [0, 0.1) is 11.6 Å². The van der Waals surface area contributed by atoms with Gasteiger partial charge in [0.2, 0.25) is 5.88 Å². The van der Waals surface area contributed by atoms with Crippen LogP contribution in [0.25, 0.3) is 5.69 Å². The van der Waals surface area contributed by atoms with Crippen molar-refractivity contribution in [2.24, 2.45) is 0 Å². The Kier molecular flexibility index (Phi) is 10.2. The molecule has 1 heterocycles. The van der Waals surface area contributed by atoms with E-state index >= 15 is 0 Å². The molecule has 0 aliphatic rings. The lowest BCUT2D eigenvalue weighted by Gasteiger charge is -2.25. The summed E-state index contributed by atoms with van der Waals surface area (Å²) in [4.78, 5) is 2.02. The third-order valence-electron chi connectivity index (χ3n) is 5.43. The highest BCUT2D eigenvalue weighted by Gasteiger charge is 2.24. The predicted molar refractivity (Wildman–Crippen MR) is 129 cm³/mol. The van der Waals surface area contributed by atoms with Crippen LogP contribution >= 0.6 is 0 Å². The SMILES string of the molecule is CCOC[C@@H](O)CN(CCOC)Cc1c(CC)nn(-c2ccccc2)c1Oc1ccc(F)cc1F. The minimum Gasteiger partial charge on any atom is -0.435 e. The van der Waals surface area contributed by atoms with Gasteiger partial charge in [0.1, 0.15) is 5.82 Å². The molecule has 0 radical (unpaired) electrons. The number of para-hydroxylation sites is 1. The minimum absolute atomic E-state index is 0.104. The number of aliphatic hydroxyl groups is 1. The molecule has 0 spiro atoms. The molecule has 3 rings (SSSR count). The Labute approximate surface area is 204 Å². The summed E-state index contributed by atoms with van der Waals surface area (Å²) in [6.45, 7) is 6.30. The largest absolute Gasteiger partial charge is 0.435 e. The van der Waals surface area contributed by atoms with Crippen LogP contribution in [-0.2, 0) is 22.4 Å². The fourth-order valence-electron chi connectivity index (χ4n) is 3.72. The summed E-state index contributed by atoms with van der Waals surface area (Å²) in [5.74, 6) is -1.26. The van der Waals surface area contributed by atoms with Crippen molar-refractivity contribution in [1.82, 2.24) is 14.7 Å². The molecule has 3 aromatic rings. The fourth-order valence-corrected chi connectivity index (χ4v) is 3.72. The normalized spacial score (nSPS) is 12.3. The summed E-state index contributed by atoms with van der Waals surface area (Å²) in [6.07, 6.45) is -0.0863. The maximum atomic E-state index is 14.5. The second-order valence-electron chi connectivity index (χ2n) is 8.05. The highest BCUT2D eigenvalue weighted by atomic mass is 19.1. The monoisotopic (exact) mass is 489 g/mol. The van der Waals surface area contributed by atoms with Crippen LogP contribution in [0.5, 0.6) is 11.6 Å². The summed E-state index contributed by atoms with van der Waals surface area (Å²) < 4.78 is 46.4. The molecule has 190 valence electrons. The van der Waals surface area contributed by atoms with Crippen LogP contribution in [0.2, 0.25) is 0 Å². The Balaban J connectivity index is 2.02. The molecule has 7 nitrogen and oxygen atoms in total. The molecule has 0 aliphatic carbocycles. The molecular formula is C26H33F2N3O4. The van der Waals surface area contributed by atoms with Gasteiger partial charge < -0.3 is 19.3 Å². The van der Waals surface area contributed by atoms with Gasteiger partial charge in [-0.05, 0) is 37.6 Å². The Bertz CT molecular complexity index is 1060. The molecule has 9 heteroatoms. The van der Waals surface area contributed by atoms with Gasteiger partial charge in [-0.3, -0.25) is 4.90 Å². The Morgan fingerprint density at radius 1 is 1.11 bits per heavy atom. The van der Waals surface area contributed by atoms with Crippen molar-refractivity contribution >= 4 is 0 Å². The van der Waals surface area contributed by atoms with Crippen molar-refractivity contribution in [3.63, 3.8) is 0 Å². The van der Waals surface area contributed by atoms with Crippen molar-refractivity contribution in [2.45, 2.75) is 32.9 Å². The number of halogens is 2. The smallest absolute Gasteiger partial charge is 0.227 e. The average molecular weight is 490 g/mol. The zero-order valence-corrected chi connectivity index (χ0v) is 20.4. The molecule has 0 aliphatic heterocycles. The van der Waals surface area contributed by atoms with Crippen molar-refractivity contribution in [1.29, 1.82) is 0 Å². The van der Waals surface area contributed by atoms with Crippen molar-refractivity contribution in [2.75, 3.05) is 40.0 Å². The number of aliphatic hydroxyl groups excluding tert-OH is 1. The van der Waals surface area contributed by atoms with E-state index in [1.54, 1.807) is 11.8 Å². The lowest BCUT2D eigenvalue weighted by Crippen LogP contribution is -2.36. The third kappa shape index (κ3) is 7.32. The maximum Gasteiger partial charge on any atom is 0.227 e. The number of aryl methyl sites for hydroxylation is 1. The number of methoxy groups -OCH3 is 1. The maximum absolute atomic E-state index is 14.5. The number of hydrogen-bond acceptors (Lipinski definition) is 6. The van der Waals surface area contributed by atoms with E-state index < -0.39 is 17.7 Å². The van der Waals surface area contributed by atoms with Crippen molar-refractivity contribution in [3.8, 4) is 17.3 Å². The van der Waals surface area contributed by atoms with Crippen molar-refractivity contribution in [3.05, 3.63) is 71.4 Å². The summed E-state index contributed by atoms with van der Waals surface area (Å²) in [5, 5.41) is 15.2. The second kappa shape index (κ2) is 13.3. The number of rotatable bonds is 14. The Hall–Kier alpha value is -2.85. The number of nitrogens with zero attached hydrogens (tertiary/aromatic N) is 3. The number of ether oxygens (including phenoxy) is 3. The molecule has 0 amide bonds. The first-order valence-electron chi connectivity index (χ1n) is 11.7. The molecule has 0 fully saturated rings. The quantitative estimate of drug-likeness (QED) is 0.363. The highest BCUT2D eigenvalue weighted by Crippen LogP contribution is 2.33. The lowest BCUT2D eigenvalue weighted by molar-refractivity contribution is 0.0147. The topological polar surface area (TPSA) is 69.0 Å². The first-order valence-corrected chi connectivity index (χ1v) is 11.7. The van der Waals surface area contributed by atoms with Gasteiger partial charge in [-0.15, -0.1) is 0 Å². The minimum atomic E-state index is -0.807. The van der Waals surface area contributed by atoms with E-state index in [4.69, 9.17) is 19.3 Å². The van der Waals surface area contributed by atoms with Crippen LogP contribution in [0.4, 0.5) is 8.78 Å². The van der Waals surface area contributed by atoms with Crippen LogP contribution < -0.4 is 4.74 Å². The van der Waals surface area contributed by atoms with E-state index in [0.717, 1.165) is 29.1 Å². The standard InChI is InChI=1S/C26H33F2N3O4/c1-4-24-22(17-30(13-14-33-3)16-21(32)18-34-5-2)26(31(29-24)20-9-7-6-8-10-20)35-25-12-11-19(27)15-23(25)28/h6-12,15,21,32H,4-5,13-14,16-18H2,1-3H3/t21-/m0/s1. The van der Waals surface area contributed by atoms with E-state index in [1.807, 2.05) is 49.1 Å². The average Bonchev–Trinajstić information content (AvgIpc) is 3.20. The van der Waals surface area contributed by atoms with Gasteiger partial charge in [-0.2, -0.15) is 5.10 Å². The van der Waals surface area contributed by atoms with Gasteiger partial charge in [-0.1, -0.05) is 25.1 Å². The van der Waals surface area contributed by atoms with Crippen LogP contribution in [0.3, 0.4) is 0 Å². The van der Waals surface area contributed by atoms with Gasteiger partial charge >= 0.3 is 0 Å². The first kappa shape index (κ1) is 26.7. The summed E-state index contributed by atoms with van der Waals surface area (Å²) in [5.41, 5.74) is 2.26. The Morgan fingerprint density at radius 3 is 2.54 bits per heavy atom. The third-order valence-corrected chi connectivity index (χ3v) is 5.43. The molecule has 1 atom stereocenters. The molecule has 0 saturated heterocycles. The molecular weight excluding hydrogens is 456 g/mol. The van der Waals surface area contributed by atoms with Gasteiger partial charge in [0.05, 0.1) is 36.3 Å². The summed E-state index contributed by atoms with van der Waals surface area (Å²) in [6, 6.07) is 12.6. The van der Waals surface area contributed by atoms with Gasteiger partial charge in [0, 0.05) is 39.4 Å². The number of benzene rings is 2. The molecule has 1 N–H and O–H groups in total. The number of hydrogen-bond donors (Lipinski definition) is 1. The highest BCUT2D eigenvalue weighted by molar-refractivity contribution is 5.44. The van der Waals surface area contributed by atoms with Crippen LogP contribution in [0.15, 0.2) is 48.5 Å². The molecule has 0 bridgehead atoms. The number of aromatic nitrogens is 2. The summed E-state index contributed by atoms with van der Waals surface area (Å²) >= 11 is 0. The lowest BCUT2D eigenvalue weighted by atomic mass is 10.1. The fraction of sp³-hybridized carbons (Fsp3) is 0.423. The molecule has 1 aromatic heterocycles. The molecule has 35 heavy (non-hydrogen) atoms. The van der Waals surface area contributed by atoms with Gasteiger partial charge in [-0.25, -0.2) is 13.5 Å². The Morgan fingerprint density at radius 2 is 1.89 bits per heavy atom. The zero-order chi connectivity index (χ0) is 25.2. The second-order valence-corrected chi connectivity index (χ2v) is 8.05. The van der Waals surface area contributed by atoms with Gasteiger partial charge in [0.15, 0.2) is 11.6 Å².